The van der Waals surface area contributed by atoms with Gasteiger partial charge in [-0.15, -0.1) is 0 Å². The Labute approximate surface area is 66.5 Å². The van der Waals surface area contributed by atoms with Crippen molar-refractivity contribution >= 4 is 6.09 Å². The van der Waals surface area contributed by atoms with Crippen molar-refractivity contribution in [3.63, 3.8) is 0 Å². The third kappa shape index (κ3) is 12.4. The van der Waals surface area contributed by atoms with Crippen molar-refractivity contribution in [3.8, 4) is 0 Å². The molecule has 0 radical (unpaired) electrons. The average Bonchev–Trinajstić information content (AvgIpc) is 1.89. The maximum atomic E-state index is 10.4. The topological polar surface area (TPSA) is 84.6 Å². The molecule has 0 saturated carbocycles. The van der Waals surface area contributed by atoms with Crippen molar-refractivity contribution in [2.24, 2.45) is 5.84 Å². The predicted octanol–water partition coefficient (Wildman–Crippen LogP) is -0.00670. The van der Waals surface area contributed by atoms with Crippen LogP contribution in [0.4, 0.5) is 4.79 Å². The first kappa shape index (κ1) is 12.8. The van der Waals surface area contributed by atoms with Crippen LogP contribution < -0.4 is 11.3 Å². The molecule has 0 unspecified atom stereocenters. The lowest BCUT2D eigenvalue weighted by Crippen LogP contribution is -2.36. The Morgan fingerprint density at radius 2 is 1.82 bits per heavy atom. The third-order valence-corrected chi connectivity index (χ3v) is 0.517. The minimum absolute atomic E-state index is 0.469. The van der Waals surface area contributed by atoms with Crippen molar-refractivity contribution < 1.29 is 14.6 Å². The highest BCUT2D eigenvalue weighted by molar-refractivity contribution is 5.66. The second kappa shape index (κ2) is 5.94. The summed E-state index contributed by atoms with van der Waals surface area (Å²) in [5, 5.41) is 7.00. The SMILES string of the molecule is CC(C)(C)OC(=O)NN.CO. The van der Waals surface area contributed by atoms with E-state index < -0.39 is 11.7 Å². The maximum Gasteiger partial charge on any atom is 0.421 e. The molecule has 0 bridgehead atoms. The van der Waals surface area contributed by atoms with Gasteiger partial charge >= 0.3 is 6.09 Å². The first-order valence-electron chi connectivity index (χ1n) is 3.10. The van der Waals surface area contributed by atoms with E-state index in [1.807, 2.05) is 5.43 Å². The molecule has 0 spiro atoms. The van der Waals surface area contributed by atoms with Gasteiger partial charge in [-0.2, -0.15) is 0 Å². The maximum absolute atomic E-state index is 10.4. The summed E-state index contributed by atoms with van der Waals surface area (Å²) in [7, 11) is 1.00. The first-order chi connectivity index (χ1) is 4.95. The van der Waals surface area contributed by atoms with Crippen LogP contribution in [0.15, 0.2) is 0 Å². The number of nitrogens with one attached hydrogen (secondary N) is 1. The van der Waals surface area contributed by atoms with E-state index >= 15 is 0 Å². The zero-order chi connectivity index (χ0) is 9.49. The molecule has 11 heavy (non-hydrogen) atoms. The minimum Gasteiger partial charge on any atom is -0.443 e. The Balaban J connectivity index is 0. The smallest absolute Gasteiger partial charge is 0.421 e. The highest BCUT2D eigenvalue weighted by Crippen LogP contribution is 2.05. The number of hydrogen-bond acceptors (Lipinski definition) is 4. The Kier molecular flexibility index (Phi) is 6.92. The second-order valence-electron chi connectivity index (χ2n) is 2.65. The molecule has 0 aliphatic carbocycles. The first-order valence-corrected chi connectivity index (χ1v) is 3.10. The van der Waals surface area contributed by atoms with Gasteiger partial charge in [0.05, 0.1) is 0 Å². The number of nitrogens with two attached hydrogens (primary N) is 1. The van der Waals surface area contributed by atoms with Crippen LogP contribution in [0.5, 0.6) is 0 Å². The fraction of sp³-hybridized carbons (Fsp3) is 0.833. The molecule has 0 rings (SSSR count). The molecule has 0 aromatic heterocycles. The van der Waals surface area contributed by atoms with Crippen molar-refractivity contribution in [1.82, 2.24) is 5.43 Å². The zero-order valence-electron chi connectivity index (χ0n) is 7.34. The van der Waals surface area contributed by atoms with Crippen molar-refractivity contribution in [2.45, 2.75) is 26.4 Å². The number of hydrogen-bond donors (Lipinski definition) is 3. The molecule has 0 aliphatic rings. The fourth-order valence-corrected chi connectivity index (χ4v) is 0.308. The van der Waals surface area contributed by atoms with E-state index in [1.54, 1.807) is 20.8 Å². The van der Waals surface area contributed by atoms with Gasteiger partial charge in [0.1, 0.15) is 5.60 Å². The summed E-state index contributed by atoms with van der Waals surface area (Å²) >= 11 is 0. The Hall–Kier alpha value is -0.810. The minimum atomic E-state index is -0.609. The highest BCUT2D eigenvalue weighted by atomic mass is 16.6. The molecule has 0 atom stereocenters. The summed E-state index contributed by atoms with van der Waals surface area (Å²) < 4.78 is 4.71. The van der Waals surface area contributed by atoms with Gasteiger partial charge < -0.3 is 9.84 Å². The van der Waals surface area contributed by atoms with Gasteiger partial charge in [0.15, 0.2) is 0 Å². The molecule has 0 aromatic rings. The van der Waals surface area contributed by atoms with Crippen molar-refractivity contribution in [1.29, 1.82) is 0 Å². The van der Waals surface area contributed by atoms with Gasteiger partial charge in [0.2, 0.25) is 0 Å². The van der Waals surface area contributed by atoms with E-state index in [2.05, 4.69) is 0 Å². The van der Waals surface area contributed by atoms with Crippen LogP contribution in [0.1, 0.15) is 20.8 Å². The van der Waals surface area contributed by atoms with E-state index in [4.69, 9.17) is 15.7 Å². The molecular formula is C6H16N2O3. The molecule has 5 heteroatoms. The molecule has 4 N–H and O–H groups in total. The van der Waals surface area contributed by atoms with Gasteiger partial charge in [-0.1, -0.05) is 0 Å². The Morgan fingerprint density at radius 1 is 1.45 bits per heavy atom. The predicted molar refractivity (Wildman–Crippen MR) is 41.7 cm³/mol. The average molecular weight is 164 g/mol. The zero-order valence-corrected chi connectivity index (χ0v) is 7.34. The molecule has 0 saturated heterocycles. The number of ether oxygens (including phenoxy) is 1. The summed E-state index contributed by atoms with van der Waals surface area (Å²) in [5.74, 6) is 4.75. The van der Waals surface area contributed by atoms with E-state index in [-0.39, 0.29) is 0 Å². The molecule has 5 nitrogen and oxygen atoms in total. The quantitative estimate of drug-likeness (QED) is 0.267. The highest BCUT2D eigenvalue weighted by Gasteiger charge is 2.14. The summed E-state index contributed by atoms with van der Waals surface area (Å²) in [6, 6.07) is 0. The fourth-order valence-electron chi connectivity index (χ4n) is 0.308. The van der Waals surface area contributed by atoms with Gasteiger partial charge in [0.25, 0.3) is 0 Å². The molecule has 0 aromatic carbocycles. The number of carbonyl (C=O) groups excluding carboxylic acids is 1. The third-order valence-electron chi connectivity index (χ3n) is 0.517. The van der Waals surface area contributed by atoms with Gasteiger partial charge in [-0.05, 0) is 20.8 Å². The molecule has 0 heterocycles. The molecule has 68 valence electrons. The number of amides is 1. The number of aliphatic hydroxyl groups excluding tert-OH is 1. The van der Waals surface area contributed by atoms with E-state index in [9.17, 15) is 4.79 Å². The number of hydrazine groups is 1. The number of rotatable bonds is 0. The summed E-state index contributed by atoms with van der Waals surface area (Å²) in [6.45, 7) is 5.30. The van der Waals surface area contributed by atoms with Crippen LogP contribution in [0.3, 0.4) is 0 Å². The molecule has 0 aliphatic heterocycles. The lowest BCUT2D eigenvalue weighted by molar-refractivity contribution is 0.0527. The van der Waals surface area contributed by atoms with E-state index in [0.717, 1.165) is 7.11 Å². The molecule has 1 amide bonds. The lowest BCUT2D eigenvalue weighted by atomic mass is 10.2. The van der Waals surface area contributed by atoms with Crippen molar-refractivity contribution in [2.75, 3.05) is 7.11 Å². The van der Waals surface area contributed by atoms with Crippen molar-refractivity contribution in [3.05, 3.63) is 0 Å². The van der Waals surface area contributed by atoms with Gasteiger partial charge in [-0.3, -0.25) is 5.43 Å². The molecular weight excluding hydrogens is 148 g/mol. The van der Waals surface area contributed by atoms with Crippen LogP contribution >= 0.6 is 0 Å². The largest absolute Gasteiger partial charge is 0.443 e. The van der Waals surface area contributed by atoms with Crippen LogP contribution in [-0.4, -0.2) is 23.9 Å². The van der Waals surface area contributed by atoms with E-state index in [0.29, 0.717) is 0 Å². The Morgan fingerprint density at radius 3 is 1.91 bits per heavy atom. The summed E-state index contributed by atoms with van der Waals surface area (Å²) in [5.41, 5.74) is 1.39. The van der Waals surface area contributed by atoms with E-state index in [1.165, 1.54) is 0 Å². The van der Waals surface area contributed by atoms with Gasteiger partial charge in [0, 0.05) is 7.11 Å². The second-order valence-corrected chi connectivity index (χ2v) is 2.65. The van der Waals surface area contributed by atoms with Crippen LogP contribution in [0.25, 0.3) is 0 Å². The number of aliphatic hydroxyl groups is 1. The monoisotopic (exact) mass is 164 g/mol. The number of carbonyl (C=O) groups is 1. The van der Waals surface area contributed by atoms with Gasteiger partial charge in [-0.25, -0.2) is 10.6 Å². The van der Waals surface area contributed by atoms with Crippen LogP contribution in [-0.2, 0) is 4.74 Å². The normalized spacial score (nSPS) is 9.27. The summed E-state index contributed by atoms with van der Waals surface area (Å²) in [4.78, 5) is 10.4. The lowest BCUT2D eigenvalue weighted by Gasteiger charge is -2.18. The molecule has 0 fully saturated rings. The summed E-state index contributed by atoms with van der Waals surface area (Å²) in [6.07, 6.45) is -0.609. The standard InChI is InChI=1S/C5H12N2O2.CH4O/c1-5(2,3)9-4(8)7-6;1-2/h6H2,1-3H3,(H,7,8);2H,1H3. The Bertz CT molecular complexity index is 109. The van der Waals surface area contributed by atoms with Crippen LogP contribution in [0, 0.1) is 0 Å². The van der Waals surface area contributed by atoms with Crippen LogP contribution in [0.2, 0.25) is 0 Å².